The van der Waals surface area contributed by atoms with Crippen LogP contribution in [0.4, 0.5) is 0 Å². The normalized spacial score (nSPS) is 28.6. The van der Waals surface area contributed by atoms with Crippen LogP contribution in [0.15, 0.2) is 30.3 Å². The molecule has 0 saturated heterocycles. The van der Waals surface area contributed by atoms with Crippen LogP contribution in [0.1, 0.15) is 44.1 Å². The van der Waals surface area contributed by atoms with Gasteiger partial charge >= 0.3 is 0 Å². The van der Waals surface area contributed by atoms with Crippen LogP contribution >= 0.6 is 0 Å². The predicted octanol–water partition coefficient (Wildman–Crippen LogP) is 3.03. The molecule has 1 aromatic carbocycles. The van der Waals surface area contributed by atoms with Gasteiger partial charge in [0.2, 0.25) is 0 Å². The van der Waals surface area contributed by atoms with Crippen LogP contribution < -0.4 is 0 Å². The van der Waals surface area contributed by atoms with E-state index in [2.05, 4.69) is 49.2 Å². The zero-order valence-corrected chi connectivity index (χ0v) is 11.5. The van der Waals surface area contributed by atoms with Gasteiger partial charge in [-0.25, -0.2) is 0 Å². The molecule has 0 aromatic heterocycles. The van der Waals surface area contributed by atoms with Crippen LogP contribution in [0.25, 0.3) is 0 Å². The molecule has 1 fully saturated rings. The largest absolute Gasteiger partial charge is 0.391 e. The first kappa shape index (κ1) is 13.6. The fraction of sp³-hybridized carbons (Fsp3) is 0.625. The van der Waals surface area contributed by atoms with Crippen molar-refractivity contribution in [1.82, 2.24) is 4.90 Å². The number of nitrogens with zero attached hydrogens (tertiary/aromatic N) is 1. The topological polar surface area (TPSA) is 23.5 Å². The summed E-state index contributed by atoms with van der Waals surface area (Å²) >= 11 is 0. The molecule has 0 amide bonds. The van der Waals surface area contributed by atoms with E-state index >= 15 is 0 Å². The van der Waals surface area contributed by atoms with Crippen molar-refractivity contribution in [3.8, 4) is 0 Å². The van der Waals surface area contributed by atoms with Crippen LogP contribution in [0.5, 0.6) is 0 Å². The molecule has 0 aliphatic heterocycles. The molecule has 1 aliphatic rings. The zero-order valence-electron chi connectivity index (χ0n) is 11.5. The van der Waals surface area contributed by atoms with Gasteiger partial charge in [-0.2, -0.15) is 0 Å². The van der Waals surface area contributed by atoms with Gasteiger partial charge in [-0.05, 0) is 50.8 Å². The Balaban J connectivity index is 2.04. The van der Waals surface area contributed by atoms with E-state index in [1.165, 1.54) is 5.56 Å². The van der Waals surface area contributed by atoms with Gasteiger partial charge in [0.05, 0.1) is 6.10 Å². The first-order chi connectivity index (χ1) is 8.72. The molecule has 0 heterocycles. The van der Waals surface area contributed by atoms with Crippen molar-refractivity contribution in [3.05, 3.63) is 35.9 Å². The lowest BCUT2D eigenvalue weighted by Crippen LogP contribution is -2.45. The summed E-state index contributed by atoms with van der Waals surface area (Å²) in [5.74, 6) is 0.610. The molecule has 3 unspecified atom stereocenters. The van der Waals surface area contributed by atoms with Gasteiger partial charge in [-0.15, -0.1) is 0 Å². The van der Waals surface area contributed by atoms with E-state index in [9.17, 15) is 5.11 Å². The average Bonchev–Trinajstić information content (AvgIpc) is 2.40. The number of aliphatic hydroxyl groups excluding tert-OH is 1. The molecular formula is C16H25NO. The average molecular weight is 247 g/mol. The maximum absolute atomic E-state index is 10.2. The van der Waals surface area contributed by atoms with Gasteiger partial charge in [0, 0.05) is 6.04 Å². The molecule has 0 bridgehead atoms. The van der Waals surface area contributed by atoms with E-state index in [1.807, 2.05) is 0 Å². The minimum absolute atomic E-state index is 0.151. The van der Waals surface area contributed by atoms with Gasteiger partial charge in [0.25, 0.3) is 0 Å². The van der Waals surface area contributed by atoms with Crippen LogP contribution in [0.3, 0.4) is 0 Å². The third-order valence-electron chi connectivity index (χ3n) is 4.19. The van der Waals surface area contributed by atoms with Crippen molar-refractivity contribution in [1.29, 1.82) is 0 Å². The van der Waals surface area contributed by atoms with E-state index in [0.29, 0.717) is 12.0 Å². The van der Waals surface area contributed by atoms with E-state index in [4.69, 9.17) is 0 Å². The number of rotatable bonds is 4. The Morgan fingerprint density at radius 3 is 2.61 bits per heavy atom. The summed E-state index contributed by atoms with van der Waals surface area (Å²) in [4.78, 5) is 2.33. The Labute approximate surface area is 111 Å². The van der Waals surface area contributed by atoms with E-state index in [1.54, 1.807) is 0 Å². The molecule has 0 spiro atoms. The zero-order chi connectivity index (χ0) is 13.0. The highest BCUT2D eigenvalue weighted by Crippen LogP contribution is 2.34. The summed E-state index contributed by atoms with van der Waals surface area (Å²) in [5, 5.41) is 10.2. The Hall–Kier alpha value is -0.860. The summed E-state index contributed by atoms with van der Waals surface area (Å²) in [6, 6.07) is 11.1. The Morgan fingerprint density at radius 2 is 1.94 bits per heavy atom. The molecule has 1 N–H and O–H groups in total. The van der Waals surface area contributed by atoms with Crippen LogP contribution in [0.2, 0.25) is 0 Å². The molecule has 1 aliphatic carbocycles. The summed E-state index contributed by atoms with van der Waals surface area (Å²) in [6.07, 6.45) is 4.12. The molecular weight excluding hydrogens is 222 g/mol. The number of benzene rings is 1. The molecule has 2 rings (SSSR count). The molecule has 3 atom stereocenters. The Morgan fingerprint density at radius 1 is 1.22 bits per heavy atom. The second kappa shape index (κ2) is 6.35. The van der Waals surface area contributed by atoms with Gasteiger partial charge in [0.15, 0.2) is 0 Å². The predicted molar refractivity (Wildman–Crippen MR) is 75.7 cm³/mol. The van der Waals surface area contributed by atoms with Crippen molar-refractivity contribution >= 4 is 0 Å². The minimum Gasteiger partial charge on any atom is -0.391 e. The molecule has 100 valence electrons. The van der Waals surface area contributed by atoms with E-state index < -0.39 is 0 Å². The van der Waals surface area contributed by atoms with Crippen molar-refractivity contribution in [3.63, 3.8) is 0 Å². The van der Waals surface area contributed by atoms with Crippen LogP contribution in [-0.2, 0) is 0 Å². The maximum Gasteiger partial charge on any atom is 0.0695 e. The highest BCUT2D eigenvalue weighted by atomic mass is 16.3. The monoisotopic (exact) mass is 247 g/mol. The maximum atomic E-state index is 10.2. The fourth-order valence-electron chi connectivity index (χ4n) is 3.15. The number of hydrogen-bond donors (Lipinski definition) is 1. The van der Waals surface area contributed by atoms with Gasteiger partial charge in [-0.3, -0.25) is 0 Å². The number of aliphatic hydroxyl groups is 1. The quantitative estimate of drug-likeness (QED) is 0.884. The van der Waals surface area contributed by atoms with Gasteiger partial charge < -0.3 is 10.0 Å². The van der Waals surface area contributed by atoms with Crippen LogP contribution in [0, 0.1) is 0 Å². The number of hydrogen-bond acceptors (Lipinski definition) is 2. The first-order valence-electron chi connectivity index (χ1n) is 7.15. The first-order valence-corrected chi connectivity index (χ1v) is 7.15. The Bertz CT molecular complexity index is 351. The third kappa shape index (κ3) is 3.12. The summed E-state index contributed by atoms with van der Waals surface area (Å²) < 4.78 is 0. The highest BCUT2D eigenvalue weighted by Gasteiger charge is 2.31. The third-order valence-corrected chi connectivity index (χ3v) is 4.19. The molecule has 1 saturated carbocycles. The SMILES string of the molecule is CCCN(C)C1CC(c2ccccc2)CCC1O. The second-order valence-electron chi connectivity index (χ2n) is 5.54. The van der Waals surface area contributed by atoms with E-state index in [-0.39, 0.29) is 6.10 Å². The van der Waals surface area contributed by atoms with Gasteiger partial charge in [-0.1, -0.05) is 37.3 Å². The molecule has 18 heavy (non-hydrogen) atoms. The van der Waals surface area contributed by atoms with Crippen molar-refractivity contribution in [2.24, 2.45) is 0 Å². The summed E-state index contributed by atoms with van der Waals surface area (Å²) in [6.45, 7) is 3.27. The summed E-state index contributed by atoms with van der Waals surface area (Å²) in [5.41, 5.74) is 1.43. The van der Waals surface area contributed by atoms with Gasteiger partial charge in [0.1, 0.15) is 0 Å². The number of likely N-dealkylation sites (N-methyl/N-ethyl adjacent to an activating group) is 1. The summed E-state index contributed by atoms with van der Waals surface area (Å²) in [7, 11) is 2.14. The lowest BCUT2D eigenvalue weighted by molar-refractivity contribution is 0.0256. The molecule has 0 radical (unpaired) electrons. The molecule has 1 aromatic rings. The second-order valence-corrected chi connectivity index (χ2v) is 5.54. The smallest absolute Gasteiger partial charge is 0.0695 e. The van der Waals surface area contributed by atoms with E-state index in [0.717, 1.165) is 32.2 Å². The van der Waals surface area contributed by atoms with Crippen molar-refractivity contribution < 1.29 is 5.11 Å². The Kier molecular flexibility index (Phi) is 4.79. The van der Waals surface area contributed by atoms with Crippen LogP contribution in [-0.4, -0.2) is 35.7 Å². The lowest BCUT2D eigenvalue weighted by Gasteiger charge is -2.39. The van der Waals surface area contributed by atoms with Crippen molar-refractivity contribution in [2.75, 3.05) is 13.6 Å². The lowest BCUT2D eigenvalue weighted by atomic mass is 9.79. The van der Waals surface area contributed by atoms with Crippen molar-refractivity contribution in [2.45, 2.75) is 50.7 Å². The highest BCUT2D eigenvalue weighted by molar-refractivity contribution is 5.20. The molecule has 2 heteroatoms. The molecule has 2 nitrogen and oxygen atoms in total. The fourth-order valence-corrected chi connectivity index (χ4v) is 3.15. The minimum atomic E-state index is -0.151. The standard InChI is InChI=1S/C16H25NO/c1-3-11-17(2)15-12-14(9-10-16(15)18)13-7-5-4-6-8-13/h4-8,14-16,18H,3,9-12H2,1-2H3.